The number of fused-ring (bicyclic) bond motifs is 1. The molecule has 0 amide bonds. The van der Waals surface area contributed by atoms with Crippen LogP contribution in [-0.4, -0.2) is 6.21 Å². The summed E-state index contributed by atoms with van der Waals surface area (Å²) in [5.41, 5.74) is 3.42. The van der Waals surface area contributed by atoms with Gasteiger partial charge in [-0.25, -0.2) is 0 Å². The van der Waals surface area contributed by atoms with Crippen molar-refractivity contribution in [1.29, 1.82) is 0 Å². The maximum absolute atomic E-state index is 4.24. The number of anilines is 2. The van der Waals surface area contributed by atoms with Gasteiger partial charge >= 0.3 is 0 Å². The molecule has 0 bridgehead atoms. The van der Waals surface area contributed by atoms with Crippen LogP contribution in [0.2, 0.25) is 0 Å². The van der Waals surface area contributed by atoms with E-state index in [1.165, 1.54) is 0 Å². The number of nitrogens with zero attached hydrogens (tertiary/aromatic N) is 2. The molecule has 82 valence electrons. The first-order chi connectivity index (χ1) is 8.45. The highest BCUT2D eigenvalue weighted by Gasteiger charge is 2.10. The maximum Gasteiger partial charge on any atom is 0.0543 e. The number of para-hydroxylation sites is 2. The Hall–Kier alpha value is -2.35. The second-order valence-corrected chi connectivity index (χ2v) is 3.84. The zero-order chi connectivity index (χ0) is 11.5. The Morgan fingerprint density at radius 2 is 1.59 bits per heavy atom. The van der Waals surface area contributed by atoms with Gasteiger partial charge in [0.2, 0.25) is 0 Å². The summed E-state index contributed by atoms with van der Waals surface area (Å²) in [4.78, 5) is 6.38. The van der Waals surface area contributed by atoms with E-state index in [1.54, 1.807) is 0 Å². The van der Waals surface area contributed by atoms with Gasteiger partial charge in [-0.05, 0) is 18.2 Å². The summed E-state index contributed by atoms with van der Waals surface area (Å²) in [5.74, 6) is 0. The molecule has 0 N–H and O–H groups in total. The van der Waals surface area contributed by atoms with E-state index in [2.05, 4.69) is 34.2 Å². The zero-order valence-corrected chi connectivity index (χ0v) is 9.32. The number of benzene rings is 2. The number of hydrogen-bond donors (Lipinski definition) is 0. The summed E-state index contributed by atoms with van der Waals surface area (Å²) in [5, 5.41) is 0. The fraction of sp³-hybridized carbons (Fsp3) is 0. The van der Waals surface area contributed by atoms with Crippen LogP contribution in [0.3, 0.4) is 0 Å². The molecule has 0 atom stereocenters. The topological polar surface area (TPSA) is 15.6 Å². The lowest BCUT2D eigenvalue weighted by Gasteiger charge is -2.21. The predicted molar refractivity (Wildman–Crippen MR) is 71.8 cm³/mol. The molecule has 0 unspecified atom stereocenters. The van der Waals surface area contributed by atoms with E-state index < -0.39 is 0 Å². The molecule has 0 saturated carbocycles. The van der Waals surface area contributed by atoms with E-state index in [1.807, 2.05) is 48.9 Å². The third kappa shape index (κ3) is 1.85. The lowest BCUT2D eigenvalue weighted by molar-refractivity contribution is 1.28. The van der Waals surface area contributed by atoms with Crippen molar-refractivity contribution in [3.8, 4) is 0 Å². The van der Waals surface area contributed by atoms with E-state index >= 15 is 0 Å². The second-order valence-electron chi connectivity index (χ2n) is 3.84. The minimum atomic E-state index is 1.13. The summed E-state index contributed by atoms with van der Waals surface area (Å²) in [6, 6.07) is 18.5. The van der Waals surface area contributed by atoms with Crippen LogP contribution < -0.4 is 4.90 Å². The molecule has 1 heterocycles. The quantitative estimate of drug-likeness (QED) is 0.715. The lowest BCUT2D eigenvalue weighted by Crippen LogP contribution is -2.09. The molecule has 17 heavy (non-hydrogen) atoms. The summed E-state index contributed by atoms with van der Waals surface area (Å²) in [6.07, 6.45) is 5.68. The van der Waals surface area contributed by atoms with Crippen LogP contribution in [0.4, 0.5) is 11.4 Å². The molecule has 2 aromatic carbocycles. The van der Waals surface area contributed by atoms with Gasteiger partial charge in [0.25, 0.3) is 0 Å². The molecule has 2 aromatic rings. The predicted octanol–water partition coefficient (Wildman–Crippen LogP) is 3.73. The zero-order valence-electron chi connectivity index (χ0n) is 9.32. The highest BCUT2D eigenvalue weighted by Crippen LogP contribution is 2.29. The number of rotatable bonds is 1. The van der Waals surface area contributed by atoms with Crippen LogP contribution in [0.15, 0.2) is 72.0 Å². The Morgan fingerprint density at radius 3 is 2.47 bits per heavy atom. The molecule has 0 aromatic heterocycles. The van der Waals surface area contributed by atoms with Crippen LogP contribution in [0, 0.1) is 0 Å². The van der Waals surface area contributed by atoms with Gasteiger partial charge in [0.05, 0.1) is 5.69 Å². The van der Waals surface area contributed by atoms with Crippen LogP contribution >= 0.6 is 0 Å². The first-order valence-electron chi connectivity index (χ1n) is 5.58. The van der Waals surface area contributed by atoms with Crippen molar-refractivity contribution in [2.24, 2.45) is 4.99 Å². The monoisotopic (exact) mass is 220 g/mol. The summed E-state index contributed by atoms with van der Waals surface area (Å²) in [6.45, 7) is 0. The van der Waals surface area contributed by atoms with Gasteiger partial charge < -0.3 is 4.90 Å². The molecule has 1 aliphatic heterocycles. The maximum atomic E-state index is 4.24. The molecular formula is C15H12N2. The van der Waals surface area contributed by atoms with Gasteiger partial charge in [0, 0.05) is 29.9 Å². The van der Waals surface area contributed by atoms with Crippen LogP contribution in [-0.2, 0) is 0 Å². The van der Waals surface area contributed by atoms with Gasteiger partial charge in [-0.15, -0.1) is 0 Å². The summed E-state index contributed by atoms with van der Waals surface area (Å²) >= 11 is 0. The molecule has 2 heteroatoms. The second kappa shape index (κ2) is 4.26. The van der Waals surface area contributed by atoms with Gasteiger partial charge in [-0.1, -0.05) is 36.4 Å². The summed E-state index contributed by atoms with van der Waals surface area (Å²) < 4.78 is 0. The van der Waals surface area contributed by atoms with E-state index in [9.17, 15) is 0 Å². The molecule has 2 nitrogen and oxygen atoms in total. The van der Waals surface area contributed by atoms with E-state index in [4.69, 9.17) is 0 Å². The van der Waals surface area contributed by atoms with Gasteiger partial charge in [-0.3, -0.25) is 4.99 Å². The van der Waals surface area contributed by atoms with E-state index in [0.717, 1.165) is 16.9 Å². The van der Waals surface area contributed by atoms with E-state index in [-0.39, 0.29) is 0 Å². The fourth-order valence-electron chi connectivity index (χ4n) is 1.94. The minimum absolute atomic E-state index is 1.13. The molecule has 0 aliphatic carbocycles. The highest BCUT2D eigenvalue weighted by atomic mass is 15.1. The Labute approximate surface area is 101 Å². The third-order valence-corrected chi connectivity index (χ3v) is 2.75. The van der Waals surface area contributed by atoms with Crippen molar-refractivity contribution >= 4 is 17.6 Å². The summed E-state index contributed by atoms with van der Waals surface area (Å²) in [7, 11) is 0. The Balaban J connectivity index is 2.14. The van der Waals surface area contributed by atoms with Crippen LogP contribution in [0.5, 0.6) is 0 Å². The SMILES string of the molecule is C1=CN(c2ccccc2)c2ccccc2C=N1. The van der Waals surface area contributed by atoms with Crippen molar-refractivity contribution in [3.05, 3.63) is 72.6 Å². The molecule has 0 spiro atoms. The molecule has 3 rings (SSSR count). The lowest BCUT2D eigenvalue weighted by atomic mass is 10.1. The largest absolute Gasteiger partial charge is 0.315 e. The normalized spacial score (nSPS) is 13.3. The highest BCUT2D eigenvalue weighted by molar-refractivity contribution is 5.91. The van der Waals surface area contributed by atoms with Gasteiger partial charge in [0.1, 0.15) is 0 Å². The van der Waals surface area contributed by atoms with E-state index in [0.29, 0.717) is 0 Å². The number of hydrogen-bond acceptors (Lipinski definition) is 2. The van der Waals surface area contributed by atoms with Gasteiger partial charge in [-0.2, -0.15) is 0 Å². The Morgan fingerprint density at radius 1 is 0.824 bits per heavy atom. The average Bonchev–Trinajstić information content (AvgIpc) is 2.62. The molecule has 0 fully saturated rings. The van der Waals surface area contributed by atoms with Crippen LogP contribution in [0.25, 0.3) is 0 Å². The standard InChI is InChI=1S/C15H12N2/c1-2-7-14(8-3-1)17-11-10-16-12-13-6-4-5-9-15(13)17/h1-12H. The van der Waals surface area contributed by atoms with Crippen molar-refractivity contribution in [2.75, 3.05) is 4.90 Å². The molecule has 1 aliphatic rings. The molecule has 0 saturated heterocycles. The van der Waals surface area contributed by atoms with Crippen LogP contribution in [0.1, 0.15) is 5.56 Å². The molecular weight excluding hydrogens is 208 g/mol. The first kappa shape index (κ1) is 9.85. The third-order valence-electron chi connectivity index (χ3n) is 2.75. The smallest absolute Gasteiger partial charge is 0.0543 e. The van der Waals surface area contributed by atoms with Crippen molar-refractivity contribution in [2.45, 2.75) is 0 Å². The van der Waals surface area contributed by atoms with Crippen molar-refractivity contribution < 1.29 is 0 Å². The molecule has 0 radical (unpaired) electrons. The first-order valence-corrected chi connectivity index (χ1v) is 5.58. The Kier molecular flexibility index (Phi) is 2.47. The Bertz CT molecular complexity index is 570. The number of aliphatic imine (C=N–C) groups is 1. The minimum Gasteiger partial charge on any atom is -0.315 e. The average molecular weight is 220 g/mol. The fourth-order valence-corrected chi connectivity index (χ4v) is 1.94. The van der Waals surface area contributed by atoms with Crippen molar-refractivity contribution in [3.63, 3.8) is 0 Å². The van der Waals surface area contributed by atoms with Crippen molar-refractivity contribution in [1.82, 2.24) is 0 Å². The van der Waals surface area contributed by atoms with Gasteiger partial charge in [0.15, 0.2) is 0 Å².